The highest BCUT2D eigenvalue weighted by Gasteiger charge is 2.14. The third kappa shape index (κ3) is 2.87. The number of hydrogen-bond acceptors (Lipinski definition) is 4. The molecule has 0 saturated carbocycles. The lowest BCUT2D eigenvalue weighted by atomic mass is 10.1. The van der Waals surface area contributed by atoms with Crippen LogP contribution < -0.4 is 11.5 Å². The van der Waals surface area contributed by atoms with Crippen LogP contribution in [0.15, 0.2) is 18.2 Å². The molecular weight excluding hydrogens is 266 g/mol. The lowest BCUT2D eigenvalue weighted by molar-refractivity contribution is 0.1000. The normalized spacial score (nSPS) is 10.6. The molecule has 0 aliphatic rings. The minimum atomic E-state index is -0.719. The second-order valence-corrected chi connectivity index (χ2v) is 4.30. The Balaban J connectivity index is 2.37. The van der Waals surface area contributed by atoms with Crippen LogP contribution in [-0.2, 0) is 6.42 Å². The third-order valence-electron chi connectivity index (χ3n) is 2.70. The van der Waals surface area contributed by atoms with E-state index in [4.69, 9.17) is 11.5 Å². The van der Waals surface area contributed by atoms with Gasteiger partial charge in [-0.2, -0.15) is 0 Å². The molecule has 0 bridgehead atoms. The maximum Gasteiger partial charge on any atom is 0.254 e. The van der Waals surface area contributed by atoms with Crippen LogP contribution >= 0.6 is 0 Å². The van der Waals surface area contributed by atoms with Gasteiger partial charge in [-0.15, -0.1) is 0 Å². The first kappa shape index (κ1) is 13.9. The number of nitrogens with zero attached hydrogens (tertiary/aromatic N) is 2. The number of halogens is 2. The van der Waals surface area contributed by atoms with E-state index in [-0.39, 0.29) is 23.6 Å². The van der Waals surface area contributed by atoms with E-state index in [0.29, 0.717) is 11.3 Å². The highest BCUT2D eigenvalue weighted by atomic mass is 19.1. The van der Waals surface area contributed by atoms with Crippen LogP contribution in [0.4, 0.5) is 14.6 Å². The van der Waals surface area contributed by atoms with Crippen LogP contribution in [0.1, 0.15) is 27.4 Å². The van der Waals surface area contributed by atoms with Gasteiger partial charge in [0.2, 0.25) is 0 Å². The first-order chi connectivity index (χ1) is 9.36. The van der Waals surface area contributed by atoms with Gasteiger partial charge in [-0.3, -0.25) is 4.79 Å². The molecule has 0 aliphatic carbocycles. The molecule has 0 saturated heterocycles. The molecule has 2 rings (SSSR count). The molecule has 7 heteroatoms. The number of benzene rings is 1. The van der Waals surface area contributed by atoms with Crippen LogP contribution in [0.3, 0.4) is 0 Å². The summed E-state index contributed by atoms with van der Waals surface area (Å²) in [7, 11) is 0. The highest BCUT2D eigenvalue weighted by Crippen LogP contribution is 2.16. The molecule has 5 nitrogen and oxygen atoms in total. The van der Waals surface area contributed by atoms with Crippen LogP contribution in [0.25, 0.3) is 0 Å². The fraction of sp³-hybridized carbons (Fsp3) is 0.154. The number of aryl methyl sites for hydroxylation is 1. The topological polar surface area (TPSA) is 94.9 Å². The van der Waals surface area contributed by atoms with Gasteiger partial charge in [0.25, 0.3) is 5.91 Å². The third-order valence-corrected chi connectivity index (χ3v) is 2.70. The summed E-state index contributed by atoms with van der Waals surface area (Å²) in [5, 5.41) is 0. The lowest BCUT2D eigenvalue weighted by Gasteiger charge is -2.08. The van der Waals surface area contributed by atoms with Crippen molar-refractivity contribution in [3.05, 3.63) is 52.5 Å². The standard InChI is InChI=1S/C13H12F2N4O/c1-6-11(13(17)20)12(16)19-10(18-6)4-7-2-8(14)5-9(15)3-7/h2-3,5H,4H2,1H3,(H2,17,20)(H2,16,18,19). The Hall–Kier alpha value is -2.57. The summed E-state index contributed by atoms with van der Waals surface area (Å²) in [4.78, 5) is 19.2. The zero-order chi connectivity index (χ0) is 14.9. The molecule has 20 heavy (non-hydrogen) atoms. The van der Waals surface area contributed by atoms with E-state index in [1.54, 1.807) is 6.92 Å². The number of carbonyl (C=O) groups is 1. The van der Waals surface area contributed by atoms with Crippen molar-refractivity contribution in [3.8, 4) is 0 Å². The van der Waals surface area contributed by atoms with Gasteiger partial charge in [0, 0.05) is 12.5 Å². The van der Waals surface area contributed by atoms with Gasteiger partial charge in [0.05, 0.1) is 5.69 Å². The fourth-order valence-corrected chi connectivity index (χ4v) is 1.93. The zero-order valence-corrected chi connectivity index (χ0v) is 10.7. The monoisotopic (exact) mass is 278 g/mol. The summed E-state index contributed by atoms with van der Waals surface area (Å²) >= 11 is 0. The predicted molar refractivity (Wildman–Crippen MR) is 68.9 cm³/mol. The molecule has 1 amide bonds. The van der Waals surface area contributed by atoms with E-state index in [0.717, 1.165) is 6.07 Å². The van der Waals surface area contributed by atoms with Crippen molar-refractivity contribution in [2.45, 2.75) is 13.3 Å². The molecule has 1 aromatic heterocycles. The fourth-order valence-electron chi connectivity index (χ4n) is 1.93. The number of hydrogen-bond donors (Lipinski definition) is 2. The van der Waals surface area contributed by atoms with Gasteiger partial charge in [-0.1, -0.05) is 0 Å². The van der Waals surface area contributed by atoms with E-state index in [1.165, 1.54) is 12.1 Å². The number of carbonyl (C=O) groups excluding carboxylic acids is 1. The Bertz CT molecular complexity index is 645. The van der Waals surface area contributed by atoms with E-state index in [9.17, 15) is 13.6 Å². The van der Waals surface area contributed by atoms with E-state index < -0.39 is 17.5 Å². The maximum atomic E-state index is 13.1. The van der Waals surface area contributed by atoms with Crippen molar-refractivity contribution >= 4 is 11.7 Å². The van der Waals surface area contributed by atoms with Crippen molar-refractivity contribution in [3.63, 3.8) is 0 Å². The summed E-state index contributed by atoms with van der Waals surface area (Å²) in [5.74, 6) is -1.87. The molecule has 1 aromatic carbocycles. The summed E-state index contributed by atoms with van der Waals surface area (Å²) in [6.45, 7) is 1.56. The predicted octanol–water partition coefficient (Wildman–Crippen LogP) is 1.34. The Morgan fingerprint density at radius 2 is 1.80 bits per heavy atom. The summed E-state index contributed by atoms with van der Waals surface area (Å²) in [5.41, 5.74) is 11.6. The van der Waals surface area contributed by atoms with Crippen molar-refractivity contribution in [1.29, 1.82) is 0 Å². The van der Waals surface area contributed by atoms with Gasteiger partial charge in [0.15, 0.2) is 0 Å². The molecule has 0 radical (unpaired) electrons. The molecule has 4 N–H and O–H groups in total. The smallest absolute Gasteiger partial charge is 0.254 e. The van der Waals surface area contributed by atoms with Gasteiger partial charge >= 0.3 is 0 Å². The second-order valence-electron chi connectivity index (χ2n) is 4.30. The van der Waals surface area contributed by atoms with Crippen molar-refractivity contribution in [2.24, 2.45) is 5.73 Å². The van der Waals surface area contributed by atoms with Crippen molar-refractivity contribution in [2.75, 3.05) is 5.73 Å². The molecule has 0 spiro atoms. The van der Waals surface area contributed by atoms with E-state index in [1.807, 2.05) is 0 Å². The maximum absolute atomic E-state index is 13.1. The van der Waals surface area contributed by atoms with Crippen LogP contribution in [0.2, 0.25) is 0 Å². The van der Waals surface area contributed by atoms with Gasteiger partial charge in [-0.25, -0.2) is 18.7 Å². The lowest BCUT2D eigenvalue weighted by Crippen LogP contribution is -2.18. The zero-order valence-electron chi connectivity index (χ0n) is 10.7. The average Bonchev–Trinajstić information content (AvgIpc) is 2.25. The van der Waals surface area contributed by atoms with E-state index in [2.05, 4.69) is 9.97 Å². The Morgan fingerprint density at radius 3 is 2.30 bits per heavy atom. The number of anilines is 1. The molecule has 0 atom stereocenters. The number of rotatable bonds is 3. The van der Waals surface area contributed by atoms with Crippen LogP contribution in [0, 0.1) is 18.6 Å². The minimum Gasteiger partial charge on any atom is -0.383 e. The Labute approximate surface area is 113 Å². The van der Waals surface area contributed by atoms with Gasteiger partial charge < -0.3 is 11.5 Å². The number of amides is 1. The number of primary amides is 1. The summed E-state index contributed by atoms with van der Waals surface area (Å²) in [6.07, 6.45) is 0.0960. The molecule has 104 valence electrons. The quantitative estimate of drug-likeness (QED) is 0.885. The van der Waals surface area contributed by atoms with Crippen molar-refractivity contribution < 1.29 is 13.6 Å². The molecule has 2 aromatic rings. The minimum absolute atomic E-state index is 0.0446. The van der Waals surface area contributed by atoms with E-state index >= 15 is 0 Å². The SMILES string of the molecule is Cc1nc(Cc2cc(F)cc(F)c2)nc(N)c1C(N)=O. The highest BCUT2D eigenvalue weighted by molar-refractivity contribution is 5.98. The molecule has 0 aliphatic heterocycles. The molecule has 0 unspecified atom stereocenters. The second kappa shape index (κ2) is 5.20. The molecule has 0 fully saturated rings. The Kier molecular flexibility index (Phi) is 3.60. The van der Waals surface area contributed by atoms with Crippen LogP contribution in [-0.4, -0.2) is 15.9 Å². The molecular formula is C13H12F2N4O. The van der Waals surface area contributed by atoms with Crippen LogP contribution in [0.5, 0.6) is 0 Å². The Morgan fingerprint density at radius 1 is 1.20 bits per heavy atom. The number of nitrogens with two attached hydrogens (primary N) is 2. The largest absolute Gasteiger partial charge is 0.383 e. The average molecular weight is 278 g/mol. The number of nitrogen functional groups attached to an aromatic ring is 1. The first-order valence-electron chi connectivity index (χ1n) is 5.74. The van der Waals surface area contributed by atoms with Crippen molar-refractivity contribution in [1.82, 2.24) is 9.97 Å². The summed E-state index contributed by atoms with van der Waals surface area (Å²) < 4.78 is 26.2. The van der Waals surface area contributed by atoms with Gasteiger partial charge in [0.1, 0.15) is 28.8 Å². The first-order valence-corrected chi connectivity index (χ1v) is 5.74. The van der Waals surface area contributed by atoms with Gasteiger partial charge in [-0.05, 0) is 24.6 Å². The number of aromatic nitrogens is 2. The molecule has 1 heterocycles. The summed E-state index contributed by atoms with van der Waals surface area (Å²) in [6, 6.07) is 3.14.